The summed E-state index contributed by atoms with van der Waals surface area (Å²) < 4.78 is 21.2. The smallest absolute Gasteiger partial charge is 0.322 e. The van der Waals surface area contributed by atoms with E-state index in [9.17, 15) is 9.18 Å². The molecule has 1 aromatic heterocycles. The number of nitrogens with one attached hydrogen (secondary N) is 1. The number of aromatic nitrogens is 1. The molecule has 0 aliphatic carbocycles. The van der Waals surface area contributed by atoms with Crippen LogP contribution in [0.25, 0.3) is 22.0 Å². The van der Waals surface area contributed by atoms with Crippen molar-refractivity contribution in [2.24, 2.45) is 0 Å². The van der Waals surface area contributed by atoms with Crippen molar-refractivity contribution in [1.29, 1.82) is 0 Å². The Hall–Kier alpha value is -3.64. The van der Waals surface area contributed by atoms with E-state index >= 15 is 0 Å². The average Bonchev–Trinajstić information content (AvgIpc) is 3.20. The lowest BCUT2D eigenvalue weighted by molar-refractivity contribution is 0.190. The molecular weight excluding hydrogens is 429 g/mol. The maximum Gasteiger partial charge on any atom is 0.322 e. The first-order valence-electron chi connectivity index (χ1n) is 11.6. The van der Waals surface area contributed by atoms with Gasteiger partial charge < -0.3 is 19.5 Å². The molecule has 1 aliphatic heterocycles. The minimum Gasteiger partial charge on any atom is -0.385 e. The van der Waals surface area contributed by atoms with Crippen LogP contribution in [-0.2, 0) is 24.2 Å². The number of nitrogens with zero attached hydrogens (tertiary/aromatic N) is 2. The van der Waals surface area contributed by atoms with Gasteiger partial charge in [-0.3, -0.25) is 0 Å². The van der Waals surface area contributed by atoms with Gasteiger partial charge >= 0.3 is 6.03 Å². The number of anilines is 1. The average molecular weight is 458 g/mol. The second kappa shape index (κ2) is 9.69. The summed E-state index contributed by atoms with van der Waals surface area (Å²) in [6.45, 7) is 2.56. The Balaban J connectivity index is 1.33. The first kappa shape index (κ1) is 22.2. The summed E-state index contributed by atoms with van der Waals surface area (Å²) >= 11 is 0. The molecule has 6 heteroatoms. The number of halogens is 1. The Morgan fingerprint density at radius 1 is 1.03 bits per heavy atom. The van der Waals surface area contributed by atoms with Crippen LogP contribution < -0.4 is 5.32 Å². The van der Waals surface area contributed by atoms with E-state index in [1.807, 2.05) is 33.9 Å². The zero-order valence-electron chi connectivity index (χ0n) is 19.3. The van der Waals surface area contributed by atoms with Crippen molar-refractivity contribution >= 4 is 22.6 Å². The SMILES string of the molecule is COCCCn1cc(NC(=O)N2CCc3cc(-c4ccccc4)ccc3C2)c2cc(F)ccc21. The van der Waals surface area contributed by atoms with E-state index in [4.69, 9.17) is 4.74 Å². The lowest BCUT2D eigenvalue weighted by Crippen LogP contribution is -2.38. The van der Waals surface area contributed by atoms with Gasteiger partial charge in [0, 0.05) is 44.9 Å². The zero-order valence-corrected chi connectivity index (χ0v) is 19.3. The van der Waals surface area contributed by atoms with Crippen LogP contribution in [0, 0.1) is 5.82 Å². The molecule has 1 aliphatic rings. The number of fused-ring (bicyclic) bond motifs is 2. The maximum atomic E-state index is 14.0. The third-order valence-corrected chi connectivity index (χ3v) is 6.45. The Kier molecular flexibility index (Phi) is 6.32. The van der Waals surface area contributed by atoms with Crippen LogP contribution in [0.3, 0.4) is 0 Å². The standard InChI is InChI=1S/C28H28FN3O2/c1-34-15-5-13-31-19-26(25-17-24(29)10-11-27(25)31)30-28(33)32-14-12-22-16-21(8-9-23(22)18-32)20-6-3-2-4-7-20/h2-4,6-11,16-17,19H,5,12-15,18H2,1H3,(H,30,33). The van der Waals surface area contributed by atoms with Crippen molar-refractivity contribution in [3.05, 3.63) is 89.9 Å². The van der Waals surface area contributed by atoms with E-state index < -0.39 is 0 Å². The molecule has 4 aromatic rings. The first-order valence-corrected chi connectivity index (χ1v) is 11.6. The van der Waals surface area contributed by atoms with Gasteiger partial charge in [0.15, 0.2) is 0 Å². The number of urea groups is 1. The molecule has 0 radical (unpaired) electrons. The number of hydrogen-bond acceptors (Lipinski definition) is 2. The van der Waals surface area contributed by atoms with Crippen molar-refractivity contribution < 1.29 is 13.9 Å². The van der Waals surface area contributed by atoms with Crippen LogP contribution in [-0.4, -0.2) is 35.8 Å². The fraction of sp³-hybridized carbons (Fsp3) is 0.250. The largest absolute Gasteiger partial charge is 0.385 e. The van der Waals surface area contributed by atoms with Gasteiger partial charge in [-0.25, -0.2) is 9.18 Å². The fourth-order valence-corrected chi connectivity index (χ4v) is 4.66. The maximum absolute atomic E-state index is 14.0. The molecule has 0 saturated heterocycles. The zero-order chi connectivity index (χ0) is 23.5. The Bertz CT molecular complexity index is 1320. The normalized spacial score (nSPS) is 13.2. The predicted octanol–water partition coefficient (Wildman–Crippen LogP) is 6.07. The van der Waals surface area contributed by atoms with Crippen molar-refractivity contribution in [3.63, 3.8) is 0 Å². The molecule has 5 rings (SSSR count). The number of carbonyl (C=O) groups excluding carboxylic acids is 1. The molecule has 34 heavy (non-hydrogen) atoms. The summed E-state index contributed by atoms with van der Waals surface area (Å²) in [5.74, 6) is -0.321. The van der Waals surface area contributed by atoms with E-state index in [1.165, 1.54) is 28.8 Å². The van der Waals surface area contributed by atoms with Crippen LogP contribution in [0.4, 0.5) is 14.9 Å². The molecule has 0 bridgehead atoms. The van der Waals surface area contributed by atoms with E-state index in [0.717, 1.165) is 30.5 Å². The second-order valence-corrected chi connectivity index (χ2v) is 8.70. The molecule has 0 saturated carbocycles. The lowest BCUT2D eigenvalue weighted by atomic mass is 9.95. The molecule has 0 atom stereocenters. The highest BCUT2D eigenvalue weighted by molar-refractivity contribution is 6.01. The van der Waals surface area contributed by atoms with Gasteiger partial charge in [-0.15, -0.1) is 0 Å². The van der Waals surface area contributed by atoms with E-state index in [2.05, 4.69) is 35.6 Å². The number of carbonyl (C=O) groups is 1. The molecule has 5 nitrogen and oxygen atoms in total. The first-order chi connectivity index (χ1) is 16.6. The molecule has 2 heterocycles. The summed E-state index contributed by atoms with van der Waals surface area (Å²) in [6.07, 6.45) is 3.53. The minimum atomic E-state index is -0.321. The summed E-state index contributed by atoms with van der Waals surface area (Å²) in [6, 6.07) is 21.3. The highest BCUT2D eigenvalue weighted by atomic mass is 19.1. The number of aryl methyl sites for hydroxylation is 1. The monoisotopic (exact) mass is 457 g/mol. The van der Waals surface area contributed by atoms with Crippen LogP contribution in [0.5, 0.6) is 0 Å². The molecule has 174 valence electrons. The number of hydrogen-bond donors (Lipinski definition) is 1. The van der Waals surface area contributed by atoms with Crippen molar-refractivity contribution in [3.8, 4) is 11.1 Å². The molecule has 0 fully saturated rings. The quantitative estimate of drug-likeness (QED) is 0.357. The molecular formula is C28H28FN3O2. The molecule has 0 unspecified atom stereocenters. The number of benzene rings is 3. The van der Waals surface area contributed by atoms with Gasteiger partial charge in [0.1, 0.15) is 5.82 Å². The minimum absolute atomic E-state index is 0.169. The summed E-state index contributed by atoms with van der Waals surface area (Å²) in [5, 5.41) is 3.73. The third kappa shape index (κ3) is 4.54. The topological polar surface area (TPSA) is 46.5 Å². The molecule has 2 amide bonds. The van der Waals surface area contributed by atoms with Gasteiger partial charge in [0.05, 0.1) is 11.2 Å². The second-order valence-electron chi connectivity index (χ2n) is 8.70. The van der Waals surface area contributed by atoms with Gasteiger partial charge in [-0.05, 0) is 53.3 Å². The fourth-order valence-electron chi connectivity index (χ4n) is 4.66. The Morgan fingerprint density at radius 3 is 2.71 bits per heavy atom. The molecule has 0 spiro atoms. The molecule has 3 aromatic carbocycles. The number of rotatable bonds is 6. The van der Waals surface area contributed by atoms with Crippen molar-refractivity contribution in [2.75, 3.05) is 25.6 Å². The predicted molar refractivity (Wildman–Crippen MR) is 133 cm³/mol. The number of ether oxygens (including phenoxy) is 1. The van der Waals surface area contributed by atoms with Gasteiger partial charge in [-0.1, -0.05) is 48.5 Å². The summed E-state index contributed by atoms with van der Waals surface area (Å²) in [7, 11) is 1.67. The lowest BCUT2D eigenvalue weighted by Gasteiger charge is -2.29. The van der Waals surface area contributed by atoms with E-state index in [-0.39, 0.29) is 11.8 Å². The van der Waals surface area contributed by atoms with Crippen LogP contribution >= 0.6 is 0 Å². The molecule has 1 N–H and O–H groups in total. The van der Waals surface area contributed by atoms with E-state index in [1.54, 1.807) is 13.2 Å². The van der Waals surface area contributed by atoms with Crippen molar-refractivity contribution in [2.45, 2.75) is 25.9 Å². The number of methoxy groups -OCH3 is 1. The summed E-state index contributed by atoms with van der Waals surface area (Å²) in [4.78, 5) is 15.0. The number of amides is 2. The highest BCUT2D eigenvalue weighted by Gasteiger charge is 2.22. The van der Waals surface area contributed by atoms with Crippen LogP contribution in [0.1, 0.15) is 17.5 Å². The Labute approximate surface area is 198 Å². The summed E-state index contributed by atoms with van der Waals surface area (Å²) in [5.41, 5.74) is 6.35. The third-order valence-electron chi connectivity index (χ3n) is 6.45. The van der Waals surface area contributed by atoms with E-state index in [0.29, 0.717) is 30.8 Å². The van der Waals surface area contributed by atoms with Gasteiger partial charge in [0.2, 0.25) is 0 Å². The van der Waals surface area contributed by atoms with Crippen LogP contribution in [0.2, 0.25) is 0 Å². The van der Waals surface area contributed by atoms with Crippen molar-refractivity contribution in [1.82, 2.24) is 9.47 Å². The van der Waals surface area contributed by atoms with Gasteiger partial charge in [0.25, 0.3) is 0 Å². The van der Waals surface area contributed by atoms with Crippen LogP contribution in [0.15, 0.2) is 72.9 Å². The Morgan fingerprint density at radius 2 is 1.88 bits per heavy atom. The highest BCUT2D eigenvalue weighted by Crippen LogP contribution is 2.29. The van der Waals surface area contributed by atoms with Gasteiger partial charge in [-0.2, -0.15) is 0 Å².